The molecule has 1 N–H and O–H groups in total. The number of rotatable bonds is 5. The molecule has 1 saturated heterocycles. The van der Waals surface area contributed by atoms with Crippen LogP contribution in [0.15, 0.2) is 23.7 Å². The highest BCUT2D eigenvalue weighted by Crippen LogP contribution is 2.35. The van der Waals surface area contributed by atoms with Crippen molar-refractivity contribution in [3.05, 3.63) is 33.5 Å². The summed E-state index contributed by atoms with van der Waals surface area (Å²) in [6.07, 6.45) is -3.31. The summed E-state index contributed by atoms with van der Waals surface area (Å²) in [6.45, 7) is 4.81. The molecule has 3 heterocycles. The molecule has 1 fully saturated rings. The summed E-state index contributed by atoms with van der Waals surface area (Å²) in [5.41, 5.74) is 0. The highest BCUT2D eigenvalue weighted by molar-refractivity contribution is 7.15. The second-order valence-corrected chi connectivity index (χ2v) is 7.63. The lowest BCUT2D eigenvalue weighted by Crippen LogP contribution is -2.44. The number of thiophene rings is 1. The zero-order chi connectivity index (χ0) is 17.2. The second-order valence-electron chi connectivity index (χ2n) is 5.62. The Bertz CT molecular complexity index is 645. The Morgan fingerprint density at radius 3 is 2.96 bits per heavy atom. The maximum absolute atomic E-state index is 12.7. The van der Waals surface area contributed by atoms with E-state index in [9.17, 15) is 13.2 Å². The number of hydrogen-bond donors (Lipinski definition) is 1. The minimum atomic E-state index is -4.34. The molecule has 2 aromatic heterocycles. The number of morpholine rings is 1. The molecule has 0 spiro atoms. The molecule has 2 atom stereocenters. The smallest absolute Gasteiger partial charge is 0.376 e. The molecule has 4 nitrogen and oxygen atoms in total. The molecule has 0 radical (unpaired) electrons. The average molecular weight is 377 g/mol. The van der Waals surface area contributed by atoms with Gasteiger partial charge in [-0.3, -0.25) is 4.90 Å². The molecule has 2 aromatic rings. The molecule has 0 aliphatic carbocycles. The van der Waals surface area contributed by atoms with E-state index in [1.807, 2.05) is 18.4 Å². The Morgan fingerprint density at radius 2 is 2.33 bits per heavy atom. The van der Waals surface area contributed by atoms with Crippen molar-refractivity contribution < 1.29 is 17.9 Å². The number of ether oxygens (including phenoxy) is 1. The first-order valence-electron chi connectivity index (χ1n) is 7.59. The lowest BCUT2D eigenvalue weighted by atomic mass is 10.1. The van der Waals surface area contributed by atoms with Crippen LogP contribution in [0.1, 0.15) is 22.7 Å². The Labute approximate surface area is 146 Å². The Morgan fingerprint density at radius 1 is 1.50 bits per heavy atom. The molecule has 0 saturated carbocycles. The van der Waals surface area contributed by atoms with E-state index in [1.165, 1.54) is 4.88 Å². The number of hydrogen-bond acceptors (Lipinski definition) is 6. The van der Waals surface area contributed by atoms with Crippen LogP contribution in [0.25, 0.3) is 0 Å². The first-order valence-corrected chi connectivity index (χ1v) is 9.29. The summed E-state index contributed by atoms with van der Waals surface area (Å²) < 4.78 is 43.6. The van der Waals surface area contributed by atoms with Crippen LogP contribution in [-0.2, 0) is 10.9 Å². The normalized spacial score (nSPS) is 20.9. The standard InChI is InChI=1S/C15H18F3N3OS2/c1-10-9-21(4-5-22-10)11(12-3-2-6-23-12)7-19-14-20-8-13(24-14)15(16,17)18/h2-3,6,8,10-11H,4-5,7,9H2,1H3,(H,19,20). The molecular weight excluding hydrogens is 359 g/mol. The summed E-state index contributed by atoms with van der Waals surface area (Å²) in [4.78, 5) is 6.66. The monoisotopic (exact) mass is 377 g/mol. The van der Waals surface area contributed by atoms with Crippen LogP contribution < -0.4 is 5.32 Å². The van der Waals surface area contributed by atoms with Gasteiger partial charge in [-0.2, -0.15) is 13.2 Å². The van der Waals surface area contributed by atoms with Gasteiger partial charge in [0.05, 0.1) is 24.9 Å². The maximum atomic E-state index is 12.7. The largest absolute Gasteiger partial charge is 0.427 e. The molecule has 0 bridgehead atoms. The van der Waals surface area contributed by atoms with Gasteiger partial charge in [-0.15, -0.1) is 11.3 Å². The maximum Gasteiger partial charge on any atom is 0.427 e. The van der Waals surface area contributed by atoms with Crippen LogP contribution >= 0.6 is 22.7 Å². The van der Waals surface area contributed by atoms with Gasteiger partial charge in [0, 0.05) is 24.5 Å². The van der Waals surface area contributed by atoms with E-state index in [2.05, 4.69) is 21.3 Å². The third-order valence-electron chi connectivity index (χ3n) is 3.82. The summed E-state index contributed by atoms with van der Waals surface area (Å²) in [5, 5.41) is 5.38. The van der Waals surface area contributed by atoms with E-state index in [0.29, 0.717) is 29.6 Å². The molecule has 1 aliphatic rings. The fraction of sp³-hybridized carbons (Fsp3) is 0.533. The van der Waals surface area contributed by atoms with Crippen LogP contribution in [0.4, 0.5) is 18.3 Å². The van der Waals surface area contributed by atoms with Gasteiger partial charge < -0.3 is 10.1 Å². The second kappa shape index (κ2) is 7.38. The fourth-order valence-corrected chi connectivity index (χ4v) is 4.24. The molecular formula is C15H18F3N3OS2. The summed E-state index contributed by atoms with van der Waals surface area (Å²) >= 11 is 2.29. The van der Waals surface area contributed by atoms with Crippen molar-refractivity contribution in [3.63, 3.8) is 0 Å². The fourth-order valence-electron chi connectivity index (χ4n) is 2.69. The van der Waals surface area contributed by atoms with E-state index in [-0.39, 0.29) is 12.1 Å². The van der Waals surface area contributed by atoms with Gasteiger partial charge in [0.1, 0.15) is 4.88 Å². The van der Waals surface area contributed by atoms with Crippen molar-refractivity contribution >= 4 is 27.8 Å². The number of thiazole rings is 1. The Hall–Kier alpha value is -1.16. The van der Waals surface area contributed by atoms with Gasteiger partial charge in [-0.05, 0) is 18.4 Å². The molecule has 132 valence electrons. The Kier molecular flexibility index (Phi) is 5.43. The van der Waals surface area contributed by atoms with E-state index in [1.54, 1.807) is 11.3 Å². The van der Waals surface area contributed by atoms with Crippen molar-refractivity contribution in [2.24, 2.45) is 0 Å². The van der Waals surface area contributed by atoms with Crippen LogP contribution in [0, 0.1) is 0 Å². The molecule has 0 aromatic carbocycles. The first kappa shape index (κ1) is 17.7. The zero-order valence-electron chi connectivity index (χ0n) is 13.0. The predicted octanol–water partition coefficient (Wildman–Crippen LogP) is 4.10. The van der Waals surface area contributed by atoms with E-state index >= 15 is 0 Å². The molecule has 1 aliphatic heterocycles. The number of aromatic nitrogens is 1. The van der Waals surface area contributed by atoms with Gasteiger partial charge >= 0.3 is 6.18 Å². The lowest BCUT2D eigenvalue weighted by Gasteiger charge is -2.37. The predicted molar refractivity (Wildman–Crippen MR) is 89.7 cm³/mol. The SMILES string of the molecule is CC1CN(C(CNc2ncc(C(F)(F)F)s2)c2cccs2)CCO1. The number of alkyl halides is 3. The van der Waals surface area contributed by atoms with Crippen molar-refractivity contribution in [1.29, 1.82) is 0 Å². The number of nitrogens with zero attached hydrogens (tertiary/aromatic N) is 2. The number of nitrogens with one attached hydrogen (secondary N) is 1. The van der Waals surface area contributed by atoms with E-state index < -0.39 is 11.1 Å². The summed E-state index contributed by atoms with van der Waals surface area (Å²) in [7, 11) is 0. The van der Waals surface area contributed by atoms with Crippen molar-refractivity contribution in [2.45, 2.75) is 25.2 Å². The molecule has 2 unspecified atom stereocenters. The number of halogens is 3. The molecule has 3 rings (SSSR count). The topological polar surface area (TPSA) is 37.4 Å². The van der Waals surface area contributed by atoms with Gasteiger partial charge in [0.2, 0.25) is 0 Å². The van der Waals surface area contributed by atoms with Crippen LogP contribution in [0.5, 0.6) is 0 Å². The molecule has 24 heavy (non-hydrogen) atoms. The third-order valence-corrected chi connectivity index (χ3v) is 5.79. The van der Waals surface area contributed by atoms with E-state index in [0.717, 1.165) is 19.3 Å². The zero-order valence-corrected chi connectivity index (χ0v) is 14.7. The summed E-state index contributed by atoms with van der Waals surface area (Å²) in [5.74, 6) is 0. The summed E-state index contributed by atoms with van der Waals surface area (Å²) in [6, 6.07) is 4.14. The highest BCUT2D eigenvalue weighted by atomic mass is 32.1. The minimum absolute atomic E-state index is 0.0922. The van der Waals surface area contributed by atoms with Crippen molar-refractivity contribution in [3.8, 4) is 0 Å². The van der Waals surface area contributed by atoms with Crippen LogP contribution in [-0.4, -0.2) is 42.2 Å². The molecule has 9 heteroatoms. The minimum Gasteiger partial charge on any atom is -0.376 e. The van der Waals surface area contributed by atoms with Gasteiger partial charge in [-0.25, -0.2) is 4.98 Å². The number of anilines is 1. The van der Waals surface area contributed by atoms with Crippen LogP contribution in [0.3, 0.4) is 0 Å². The first-order chi connectivity index (χ1) is 11.4. The van der Waals surface area contributed by atoms with Crippen molar-refractivity contribution in [1.82, 2.24) is 9.88 Å². The van der Waals surface area contributed by atoms with Gasteiger partial charge in [0.25, 0.3) is 0 Å². The average Bonchev–Trinajstić information content (AvgIpc) is 3.18. The van der Waals surface area contributed by atoms with E-state index in [4.69, 9.17) is 4.74 Å². The quantitative estimate of drug-likeness (QED) is 0.851. The third kappa shape index (κ3) is 4.27. The highest BCUT2D eigenvalue weighted by Gasteiger charge is 2.33. The van der Waals surface area contributed by atoms with Gasteiger partial charge in [0.15, 0.2) is 5.13 Å². The molecule has 0 amide bonds. The van der Waals surface area contributed by atoms with Gasteiger partial charge in [-0.1, -0.05) is 17.4 Å². The Balaban J connectivity index is 1.69. The lowest BCUT2D eigenvalue weighted by molar-refractivity contribution is -0.134. The van der Waals surface area contributed by atoms with Crippen molar-refractivity contribution in [2.75, 3.05) is 31.6 Å². The van der Waals surface area contributed by atoms with Crippen LogP contribution in [0.2, 0.25) is 0 Å².